The molecule has 0 unspecified atom stereocenters. The maximum atomic E-state index is 12.7. The Labute approximate surface area is 123 Å². The molecular formula is C12H11F3N4OS. The molecule has 0 aliphatic rings. The summed E-state index contributed by atoms with van der Waals surface area (Å²) in [6.07, 6.45) is -4.55. The number of rotatable bonds is 4. The van der Waals surface area contributed by atoms with E-state index in [1.807, 2.05) is 0 Å². The Hall–Kier alpha value is -2.16. The Morgan fingerprint density at radius 1 is 1.43 bits per heavy atom. The smallest absolute Gasteiger partial charge is 0.389 e. The molecule has 5 nitrogen and oxygen atoms in total. The first-order chi connectivity index (χ1) is 9.77. The quantitative estimate of drug-likeness (QED) is 0.845. The van der Waals surface area contributed by atoms with E-state index in [1.54, 1.807) is 13.0 Å². The predicted molar refractivity (Wildman–Crippen MR) is 73.7 cm³/mol. The SMILES string of the molecule is Cc1cc(CNc2nc(C(F)(F)F)ccc2C(N)=S)no1. The topological polar surface area (TPSA) is 77.0 Å². The van der Waals surface area contributed by atoms with Crippen molar-refractivity contribution in [3.63, 3.8) is 0 Å². The minimum Gasteiger partial charge on any atom is -0.389 e. The van der Waals surface area contributed by atoms with Crippen molar-refractivity contribution in [3.05, 3.63) is 40.9 Å². The van der Waals surface area contributed by atoms with Gasteiger partial charge in [-0.2, -0.15) is 13.2 Å². The Kier molecular flexibility index (Phi) is 4.12. The molecule has 0 spiro atoms. The van der Waals surface area contributed by atoms with Crippen LogP contribution in [0.4, 0.5) is 19.0 Å². The fourth-order valence-corrected chi connectivity index (χ4v) is 1.79. The first kappa shape index (κ1) is 15.2. The monoisotopic (exact) mass is 316 g/mol. The lowest BCUT2D eigenvalue weighted by atomic mass is 10.2. The van der Waals surface area contributed by atoms with Crippen LogP contribution in [0.5, 0.6) is 0 Å². The number of alkyl halides is 3. The van der Waals surface area contributed by atoms with Crippen LogP contribution in [0.2, 0.25) is 0 Å². The highest BCUT2D eigenvalue weighted by Gasteiger charge is 2.33. The summed E-state index contributed by atoms with van der Waals surface area (Å²) in [5.41, 5.74) is 5.22. The second kappa shape index (κ2) is 5.68. The molecule has 2 heterocycles. The third-order valence-electron chi connectivity index (χ3n) is 2.56. The van der Waals surface area contributed by atoms with E-state index in [0.29, 0.717) is 11.5 Å². The van der Waals surface area contributed by atoms with Gasteiger partial charge in [0.15, 0.2) is 0 Å². The van der Waals surface area contributed by atoms with Gasteiger partial charge in [0, 0.05) is 6.07 Å². The van der Waals surface area contributed by atoms with Crippen LogP contribution in [0.25, 0.3) is 0 Å². The zero-order valence-electron chi connectivity index (χ0n) is 10.9. The van der Waals surface area contributed by atoms with Crippen LogP contribution < -0.4 is 11.1 Å². The minimum absolute atomic E-state index is 0.0435. The number of nitrogens with zero attached hydrogens (tertiary/aromatic N) is 2. The van der Waals surface area contributed by atoms with Crippen molar-refractivity contribution in [2.75, 3.05) is 5.32 Å². The number of nitrogens with one attached hydrogen (secondary N) is 1. The summed E-state index contributed by atoms with van der Waals surface area (Å²) >= 11 is 4.80. The molecule has 21 heavy (non-hydrogen) atoms. The fraction of sp³-hybridized carbons (Fsp3) is 0.250. The number of thiocarbonyl (C=S) groups is 1. The number of hydrogen-bond acceptors (Lipinski definition) is 5. The summed E-state index contributed by atoms with van der Waals surface area (Å²) < 4.78 is 42.9. The summed E-state index contributed by atoms with van der Waals surface area (Å²) in [6.45, 7) is 1.85. The van der Waals surface area contributed by atoms with Gasteiger partial charge >= 0.3 is 6.18 Å². The zero-order valence-corrected chi connectivity index (χ0v) is 11.7. The molecular weight excluding hydrogens is 305 g/mol. The van der Waals surface area contributed by atoms with Crippen LogP contribution in [0.1, 0.15) is 22.7 Å². The molecule has 0 amide bonds. The largest absolute Gasteiger partial charge is 0.433 e. The molecule has 9 heteroatoms. The standard InChI is InChI=1S/C12H11F3N4OS/c1-6-4-7(19-20-6)5-17-11-8(10(16)21)2-3-9(18-11)12(13,14)15/h2-4H,5H2,1H3,(H2,16,21)(H,17,18). The Morgan fingerprint density at radius 3 is 2.67 bits per heavy atom. The summed E-state index contributed by atoms with van der Waals surface area (Å²) in [6, 6.07) is 3.68. The van der Waals surface area contributed by atoms with Gasteiger partial charge in [0.2, 0.25) is 0 Å². The molecule has 0 saturated heterocycles. The first-order valence-corrected chi connectivity index (χ1v) is 6.22. The molecule has 0 aliphatic heterocycles. The molecule has 2 rings (SSSR count). The van der Waals surface area contributed by atoms with E-state index in [0.717, 1.165) is 6.07 Å². The molecule has 0 saturated carbocycles. The second-order valence-electron chi connectivity index (χ2n) is 4.24. The van der Waals surface area contributed by atoms with E-state index in [2.05, 4.69) is 15.5 Å². The van der Waals surface area contributed by atoms with E-state index in [9.17, 15) is 13.2 Å². The van der Waals surface area contributed by atoms with E-state index in [-0.39, 0.29) is 22.9 Å². The maximum absolute atomic E-state index is 12.7. The number of pyridine rings is 1. The lowest BCUT2D eigenvalue weighted by molar-refractivity contribution is -0.141. The molecule has 0 fully saturated rings. The van der Waals surface area contributed by atoms with Gasteiger partial charge in [-0.3, -0.25) is 0 Å². The summed E-state index contributed by atoms with van der Waals surface area (Å²) in [5, 5.41) is 6.46. The highest BCUT2D eigenvalue weighted by Crippen LogP contribution is 2.29. The number of hydrogen-bond donors (Lipinski definition) is 2. The zero-order chi connectivity index (χ0) is 15.6. The lowest BCUT2D eigenvalue weighted by Crippen LogP contribution is -2.17. The Morgan fingerprint density at radius 2 is 2.14 bits per heavy atom. The predicted octanol–water partition coefficient (Wildman–Crippen LogP) is 2.64. The normalized spacial score (nSPS) is 11.4. The van der Waals surface area contributed by atoms with Crippen molar-refractivity contribution >= 4 is 23.0 Å². The molecule has 112 valence electrons. The van der Waals surface area contributed by atoms with E-state index in [4.69, 9.17) is 22.5 Å². The van der Waals surface area contributed by atoms with Gasteiger partial charge in [-0.15, -0.1) is 0 Å². The number of anilines is 1. The summed E-state index contributed by atoms with van der Waals surface area (Å²) in [5.74, 6) is 0.552. The molecule has 2 aromatic heterocycles. The van der Waals surface area contributed by atoms with Crippen molar-refractivity contribution in [2.24, 2.45) is 5.73 Å². The Balaban J connectivity index is 2.28. The molecule has 2 aromatic rings. The van der Waals surface area contributed by atoms with Crippen molar-refractivity contribution in [1.82, 2.24) is 10.1 Å². The fourth-order valence-electron chi connectivity index (χ4n) is 1.63. The maximum Gasteiger partial charge on any atom is 0.433 e. The highest BCUT2D eigenvalue weighted by atomic mass is 32.1. The van der Waals surface area contributed by atoms with Crippen LogP contribution >= 0.6 is 12.2 Å². The summed E-state index contributed by atoms with van der Waals surface area (Å²) in [7, 11) is 0. The van der Waals surface area contributed by atoms with E-state index < -0.39 is 11.9 Å². The molecule has 0 bridgehead atoms. The highest BCUT2D eigenvalue weighted by molar-refractivity contribution is 7.80. The van der Waals surface area contributed by atoms with Gasteiger partial charge in [-0.25, -0.2) is 4.98 Å². The lowest BCUT2D eigenvalue weighted by Gasteiger charge is -2.12. The number of nitrogens with two attached hydrogens (primary N) is 1. The first-order valence-electron chi connectivity index (χ1n) is 5.81. The van der Waals surface area contributed by atoms with Crippen LogP contribution in [-0.2, 0) is 12.7 Å². The van der Waals surface area contributed by atoms with Crippen LogP contribution in [-0.4, -0.2) is 15.1 Å². The van der Waals surface area contributed by atoms with Gasteiger partial charge in [0.05, 0.1) is 12.1 Å². The molecule has 3 N–H and O–H groups in total. The van der Waals surface area contributed by atoms with Crippen LogP contribution in [0.3, 0.4) is 0 Å². The van der Waals surface area contributed by atoms with Gasteiger partial charge in [0.25, 0.3) is 0 Å². The average Bonchev–Trinajstić information content (AvgIpc) is 2.80. The van der Waals surface area contributed by atoms with Crippen molar-refractivity contribution in [1.29, 1.82) is 0 Å². The minimum atomic E-state index is -4.55. The molecule has 0 atom stereocenters. The van der Waals surface area contributed by atoms with Gasteiger partial charge in [-0.05, 0) is 19.1 Å². The Bertz CT molecular complexity index is 669. The van der Waals surface area contributed by atoms with Crippen molar-refractivity contribution < 1.29 is 17.7 Å². The third kappa shape index (κ3) is 3.69. The molecule has 0 aromatic carbocycles. The van der Waals surface area contributed by atoms with Gasteiger partial charge in [-0.1, -0.05) is 17.4 Å². The van der Waals surface area contributed by atoms with Crippen molar-refractivity contribution in [3.8, 4) is 0 Å². The van der Waals surface area contributed by atoms with Crippen LogP contribution in [0, 0.1) is 6.92 Å². The molecule has 0 radical (unpaired) electrons. The second-order valence-corrected chi connectivity index (χ2v) is 4.68. The van der Waals surface area contributed by atoms with Gasteiger partial charge < -0.3 is 15.6 Å². The van der Waals surface area contributed by atoms with E-state index >= 15 is 0 Å². The average molecular weight is 316 g/mol. The molecule has 0 aliphatic carbocycles. The third-order valence-corrected chi connectivity index (χ3v) is 2.78. The van der Waals surface area contributed by atoms with Crippen molar-refractivity contribution in [2.45, 2.75) is 19.6 Å². The number of halogens is 3. The van der Waals surface area contributed by atoms with Crippen LogP contribution in [0.15, 0.2) is 22.7 Å². The number of aryl methyl sites for hydroxylation is 1. The van der Waals surface area contributed by atoms with Gasteiger partial charge in [0.1, 0.15) is 28.0 Å². The van der Waals surface area contributed by atoms with E-state index in [1.165, 1.54) is 6.07 Å². The number of aromatic nitrogens is 2. The summed E-state index contributed by atoms with van der Waals surface area (Å²) in [4.78, 5) is 3.48.